The highest BCUT2D eigenvalue weighted by Crippen LogP contribution is 2.26. The van der Waals surface area contributed by atoms with Gasteiger partial charge in [0.25, 0.3) is 5.69 Å². The number of benzene rings is 2. The van der Waals surface area contributed by atoms with Crippen molar-refractivity contribution in [1.29, 1.82) is 0 Å². The molecule has 144 valence electrons. The second-order valence-electron chi connectivity index (χ2n) is 5.67. The second-order valence-corrected chi connectivity index (χ2v) is 5.67. The SMILES string of the molecule is COc1ccc2c(COC(=O)c3cc([N+](=O)[O-])ccc3OC)cc(=O)oc2c1. The molecule has 9 nitrogen and oxygen atoms in total. The zero-order valence-corrected chi connectivity index (χ0v) is 15.0. The predicted octanol–water partition coefficient (Wildman–Crippen LogP) is 3.08. The topological polar surface area (TPSA) is 118 Å². The summed E-state index contributed by atoms with van der Waals surface area (Å²) in [5, 5.41) is 11.5. The minimum absolute atomic E-state index is 0.0920. The number of nitrogens with zero attached hydrogens (tertiary/aromatic N) is 1. The van der Waals surface area contributed by atoms with Crippen LogP contribution >= 0.6 is 0 Å². The van der Waals surface area contributed by atoms with E-state index in [2.05, 4.69) is 0 Å². The van der Waals surface area contributed by atoms with Crippen LogP contribution in [0.15, 0.2) is 51.7 Å². The Morgan fingerprint density at radius 2 is 1.89 bits per heavy atom. The monoisotopic (exact) mass is 385 g/mol. The molecule has 0 aliphatic carbocycles. The molecule has 0 atom stereocenters. The average molecular weight is 385 g/mol. The summed E-state index contributed by atoms with van der Waals surface area (Å²) in [5.74, 6) is -0.181. The van der Waals surface area contributed by atoms with Gasteiger partial charge in [0.15, 0.2) is 0 Å². The van der Waals surface area contributed by atoms with Crippen molar-refractivity contribution in [2.24, 2.45) is 0 Å². The first kappa shape index (κ1) is 18.9. The molecule has 0 radical (unpaired) electrons. The molecule has 1 aromatic heterocycles. The van der Waals surface area contributed by atoms with Gasteiger partial charge in [-0.05, 0) is 18.2 Å². The van der Waals surface area contributed by atoms with Gasteiger partial charge < -0.3 is 18.6 Å². The van der Waals surface area contributed by atoms with Gasteiger partial charge in [-0.2, -0.15) is 0 Å². The first-order valence-electron chi connectivity index (χ1n) is 8.03. The number of hydrogen-bond acceptors (Lipinski definition) is 8. The average Bonchev–Trinajstić information content (AvgIpc) is 2.70. The first-order valence-corrected chi connectivity index (χ1v) is 8.03. The minimum atomic E-state index is -0.824. The van der Waals surface area contributed by atoms with Crippen molar-refractivity contribution in [3.8, 4) is 11.5 Å². The van der Waals surface area contributed by atoms with E-state index in [1.807, 2.05) is 0 Å². The molecule has 0 fully saturated rings. The largest absolute Gasteiger partial charge is 0.497 e. The lowest BCUT2D eigenvalue weighted by atomic mass is 10.1. The molecule has 0 N–H and O–H groups in total. The number of fused-ring (bicyclic) bond motifs is 1. The number of ether oxygens (including phenoxy) is 3. The molecular formula is C19H15NO8. The van der Waals surface area contributed by atoms with Crippen LogP contribution in [0.1, 0.15) is 15.9 Å². The lowest BCUT2D eigenvalue weighted by Crippen LogP contribution is -2.09. The van der Waals surface area contributed by atoms with Gasteiger partial charge in [0.2, 0.25) is 0 Å². The minimum Gasteiger partial charge on any atom is -0.497 e. The van der Waals surface area contributed by atoms with Crippen molar-refractivity contribution < 1.29 is 28.3 Å². The van der Waals surface area contributed by atoms with Crippen LogP contribution in [0.25, 0.3) is 11.0 Å². The summed E-state index contributed by atoms with van der Waals surface area (Å²) in [4.78, 5) is 34.6. The quantitative estimate of drug-likeness (QED) is 0.275. The number of rotatable bonds is 6. The van der Waals surface area contributed by atoms with Crippen LogP contribution in [0.5, 0.6) is 11.5 Å². The Balaban J connectivity index is 1.90. The van der Waals surface area contributed by atoms with Crippen molar-refractivity contribution in [2.75, 3.05) is 14.2 Å². The van der Waals surface area contributed by atoms with E-state index >= 15 is 0 Å². The van der Waals surface area contributed by atoms with Gasteiger partial charge in [0.05, 0.1) is 19.1 Å². The zero-order valence-electron chi connectivity index (χ0n) is 15.0. The number of methoxy groups -OCH3 is 2. The normalized spacial score (nSPS) is 10.5. The third-order valence-corrected chi connectivity index (χ3v) is 4.01. The van der Waals surface area contributed by atoms with E-state index in [1.165, 1.54) is 32.4 Å². The maximum Gasteiger partial charge on any atom is 0.342 e. The first-order chi connectivity index (χ1) is 13.4. The molecule has 3 rings (SSSR count). The summed E-state index contributed by atoms with van der Waals surface area (Å²) in [5.41, 5.74) is -0.270. The van der Waals surface area contributed by atoms with E-state index in [1.54, 1.807) is 18.2 Å². The molecule has 1 heterocycles. The summed E-state index contributed by atoms with van der Waals surface area (Å²) in [6.45, 7) is -0.237. The number of hydrogen-bond donors (Lipinski definition) is 0. The Hall–Kier alpha value is -3.88. The Bertz CT molecular complexity index is 1120. The number of carbonyl (C=O) groups is 1. The van der Waals surface area contributed by atoms with Crippen LogP contribution in [-0.2, 0) is 11.3 Å². The molecular weight excluding hydrogens is 370 g/mol. The molecule has 0 aliphatic heterocycles. The third kappa shape index (κ3) is 3.78. The van der Waals surface area contributed by atoms with Crippen molar-refractivity contribution in [1.82, 2.24) is 0 Å². The fourth-order valence-corrected chi connectivity index (χ4v) is 2.65. The fourth-order valence-electron chi connectivity index (χ4n) is 2.65. The van der Waals surface area contributed by atoms with Crippen LogP contribution < -0.4 is 15.1 Å². The van der Waals surface area contributed by atoms with E-state index in [0.717, 1.165) is 6.07 Å². The number of non-ortho nitro benzene ring substituents is 1. The van der Waals surface area contributed by atoms with Crippen LogP contribution in [0.3, 0.4) is 0 Å². The van der Waals surface area contributed by atoms with Crippen LogP contribution in [-0.4, -0.2) is 25.1 Å². The lowest BCUT2D eigenvalue weighted by molar-refractivity contribution is -0.384. The predicted molar refractivity (Wildman–Crippen MR) is 97.8 cm³/mol. The maximum absolute atomic E-state index is 12.4. The van der Waals surface area contributed by atoms with E-state index in [4.69, 9.17) is 18.6 Å². The molecule has 0 bridgehead atoms. The Morgan fingerprint density at radius 3 is 2.57 bits per heavy atom. The Morgan fingerprint density at radius 1 is 1.11 bits per heavy atom. The summed E-state index contributed by atoms with van der Waals surface area (Å²) >= 11 is 0. The summed E-state index contributed by atoms with van der Waals surface area (Å²) in [6.07, 6.45) is 0. The molecule has 0 unspecified atom stereocenters. The smallest absolute Gasteiger partial charge is 0.342 e. The molecule has 3 aromatic rings. The number of esters is 1. The van der Waals surface area contributed by atoms with Crippen molar-refractivity contribution in [3.63, 3.8) is 0 Å². The van der Waals surface area contributed by atoms with Gasteiger partial charge in [-0.1, -0.05) is 0 Å². The van der Waals surface area contributed by atoms with Gasteiger partial charge in [-0.25, -0.2) is 9.59 Å². The van der Waals surface area contributed by atoms with Gasteiger partial charge in [-0.3, -0.25) is 10.1 Å². The van der Waals surface area contributed by atoms with Crippen LogP contribution in [0.2, 0.25) is 0 Å². The highest BCUT2D eigenvalue weighted by molar-refractivity contribution is 5.93. The van der Waals surface area contributed by atoms with Crippen LogP contribution in [0, 0.1) is 10.1 Å². The Labute approximate surface area is 158 Å². The van der Waals surface area contributed by atoms with E-state index in [9.17, 15) is 19.7 Å². The summed E-state index contributed by atoms with van der Waals surface area (Å²) in [7, 11) is 2.82. The van der Waals surface area contributed by atoms with Gasteiger partial charge in [0, 0.05) is 35.2 Å². The number of nitro groups is 1. The van der Waals surface area contributed by atoms with Gasteiger partial charge in [-0.15, -0.1) is 0 Å². The third-order valence-electron chi connectivity index (χ3n) is 4.01. The summed E-state index contributed by atoms with van der Waals surface area (Å²) in [6, 6.07) is 9.72. The lowest BCUT2D eigenvalue weighted by Gasteiger charge is -2.10. The number of carbonyl (C=O) groups excluding carboxylic acids is 1. The maximum atomic E-state index is 12.4. The van der Waals surface area contributed by atoms with E-state index in [-0.39, 0.29) is 29.2 Å². The van der Waals surface area contributed by atoms with Crippen molar-refractivity contribution in [2.45, 2.75) is 6.61 Å². The molecule has 9 heteroatoms. The fraction of sp³-hybridized carbons (Fsp3) is 0.158. The van der Waals surface area contributed by atoms with Crippen molar-refractivity contribution >= 4 is 22.6 Å². The van der Waals surface area contributed by atoms with E-state index in [0.29, 0.717) is 16.7 Å². The molecule has 0 spiro atoms. The molecule has 0 saturated heterocycles. The molecule has 0 amide bonds. The highest BCUT2D eigenvalue weighted by atomic mass is 16.6. The van der Waals surface area contributed by atoms with Gasteiger partial charge in [0.1, 0.15) is 29.3 Å². The molecule has 0 aliphatic rings. The van der Waals surface area contributed by atoms with E-state index < -0.39 is 16.5 Å². The summed E-state index contributed by atoms with van der Waals surface area (Å²) < 4.78 is 20.6. The number of nitro benzene ring substituents is 1. The molecule has 28 heavy (non-hydrogen) atoms. The molecule has 0 saturated carbocycles. The van der Waals surface area contributed by atoms with Crippen molar-refractivity contribution in [3.05, 3.63) is 74.1 Å². The Kier molecular flexibility index (Phi) is 5.25. The highest BCUT2D eigenvalue weighted by Gasteiger charge is 2.19. The van der Waals surface area contributed by atoms with Crippen LogP contribution in [0.4, 0.5) is 5.69 Å². The zero-order chi connectivity index (χ0) is 20.3. The standard InChI is InChI=1S/C19H15NO8/c1-25-13-4-5-14-11(7-18(21)28-17(14)9-13)10-27-19(22)15-8-12(20(23)24)3-6-16(15)26-2/h3-9H,10H2,1-2H3. The van der Waals surface area contributed by atoms with Gasteiger partial charge >= 0.3 is 11.6 Å². The molecule has 2 aromatic carbocycles. The second kappa shape index (κ2) is 7.78.